The van der Waals surface area contributed by atoms with Gasteiger partial charge in [-0.3, -0.25) is 0 Å². The molecule has 0 radical (unpaired) electrons. The van der Waals surface area contributed by atoms with E-state index in [1.54, 1.807) is 6.92 Å². The van der Waals surface area contributed by atoms with Crippen molar-refractivity contribution in [1.82, 2.24) is 0 Å². The Labute approximate surface area is 122 Å². The molecule has 0 amide bonds. The van der Waals surface area contributed by atoms with Crippen LogP contribution >= 0.6 is 27.7 Å². The van der Waals surface area contributed by atoms with Crippen LogP contribution in [0.15, 0.2) is 22.7 Å². The van der Waals surface area contributed by atoms with Crippen LogP contribution in [0, 0.1) is 0 Å². The van der Waals surface area contributed by atoms with Crippen LogP contribution in [0.4, 0.5) is 5.69 Å². The highest BCUT2D eigenvalue weighted by Gasteiger charge is 2.26. The number of rotatable bonds is 2. The van der Waals surface area contributed by atoms with E-state index in [1.165, 1.54) is 11.4 Å². The number of thioether (sulfide) groups is 1. The van der Waals surface area contributed by atoms with E-state index >= 15 is 0 Å². The van der Waals surface area contributed by atoms with Gasteiger partial charge in [-0.25, -0.2) is 0 Å². The molecule has 0 saturated carbocycles. The molecule has 1 aliphatic heterocycles. The van der Waals surface area contributed by atoms with Gasteiger partial charge >= 0.3 is 0 Å². The van der Waals surface area contributed by atoms with Crippen molar-refractivity contribution in [1.29, 1.82) is 0 Å². The number of aliphatic hydroxyl groups excluding tert-OH is 1. The predicted octanol–water partition coefficient (Wildman–Crippen LogP) is 3.83. The minimum Gasteiger partial charge on any atom is -0.389 e. The molecule has 1 aromatic carbocycles. The molecule has 0 spiro atoms. The van der Waals surface area contributed by atoms with Gasteiger partial charge in [-0.1, -0.05) is 13.0 Å². The minimum absolute atomic E-state index is 0.413. The van der Waals surface area contributed by atoms with Gasteiger partial charge in [0.1, 0.15) is 0 Å². The molecule has 3 atom stereocenters. The number of aliphatic hydroxyl groups is 1. The highest BCUT2D eigenvalue weighted by molar-refractivity contribution is 9.10. The number of hydrogen-bond donors (Lipinski definition) is 1. The smallest absolute Gasteiger partial charge is 0.0762 e. The summed E-state index contributed by atoms with van der Waals surface area (Å²) in [6.07, 6.45) is -0.413. The van der Waals surface area contributed by atoms with Gasteiger partial charge in [0.25, 0.3) is 0 Å². The van der Waals surface area contributed by atoms with Gasteiger partial charge in [0.05, 0.1) is 11.8 Å². The van der Waals surface area contributed by atoms with E-state index < -0.39 is 6.10 Å². The Morgan fingerprint density at radius 1 is 1.44 bits per heavy atom. The SMILES string of the molecule is CC(O)c1ccc(N2CCSC(C)C2C)c(Br)c1. The van der Waals surface area contributed by atoms with Crippen LogP contribution < -0.4 is 4.90 Å². The quantitative estimate of drug-likeness (QED) is 0.891. The van der Waals surface area contributed by atoms with E-state index in [-0.39, 0.29) is 0 Å². The molecule has 2 rings (SSSR count). The summed E-state index contributed by atoms with van der Waals surface area (Å²) < 4.78 is 1.08. The first kappa shape index (κ1) is 14.2. The van der Waals surface area contributed by atoms with Crippen molar-refractivity contribution < 1.29 is 5.11 Å². The summed E-state index contributed by atoms with van der Waals surface area (Å²) >= 11 is 5.68. The van der Waals surface area contributed by atoms with E-state index in [9.17, 15) is 5.11 Å². The Balaban J connectivity index is 2.27. The number of halogens is 1. The summed E-state index contributed by atoms with van der Waals surface area (Å²) in [6, 6.07) is 6.70. The maximum Gasteiger partial charge on any atom is 0.0762 e. The van der Waals surface area contributed by atoms with E-state index in [2.05, 4.69) is 40.7 Å². The lowest BCUT2D eigenvalue weighted by Gasteiger charge is -2.39. The third-order valence-corrected chi connectivity index (χ3v) is 5.62. The second-order valence-electron chi connectivity index (χ2n) is 4.90. The maximum absolute atomic E-state index is 9.61. The van der Waals surface area contributed by atoms with Crippen LogP contribution in [-0.2, 0) is 0 Å². The van der Waals surface area contributed by atoms with E-state index in [0.717, 1.165) is 16.6 Å². The lowest BCUT2D eigenvalue weighted by molar-refractivity contribution is 0.199. The molecule has 0 aromatic heterocycles. The molecular formula is C14H20BrNOS. The van der Waals surface area contributed by atoms with Crippen molar-refractivity contribution in [2.24, 2.45) is 0 Å². The summed E-state index contributed by atoms with van der Waals surface area (Å²) in [6.45, 7) is 7.46. The summed E-state index contributed by atoms with van der Waals surface area (Å²) in [7, 11) is 0. The second-order valence-corrected chi connectivity index (χ2v) is 7.24. The summed E-state index contributed by atoms with van der Waals surface area (Å²) in [5.41, 5.74) is 2.19. The van der Waals surface area contributed by atoms with Crippen molar-refractivity contribution in [2.75, 3.05) is 17.2 Å². The van der Waals surface area contributed by atoms with Gasteiger partial charge in [-0.2, -0.15) is 11.8 Å². The van der Waals surface area contributed by atoms with Crippen molar-refractivity contribution in [3.63, 3.8) is 0 Å². The van der Waals surface area contributed by atoms with Crippen LogP contribution in [0.2, 0.25) is 0 Å². The van der Waals surface area contributed by atoms with E-state index in [1.807, 2.05) is 23.9 Å². The largest absolute Gasteiger partial charge is 0.389 e. The van der Waals surface area contributed by atoms with Gasteiger partial charge in [-0.15, -0.1) is 0 Å². The Kier molecular flexibility index (Phi) is 4.62. The van der Waals surface area contributed by atoms with Crippen molar-refractivity contribution >= 4 is 33.4 Å². The average molecular weight is 330 g/mol. The first-order valence-electron chi connectivity index (χ1n) is 6.36. The Hall–Kier alpha value is -0.190. The number of benzene rings is 1. The maximum atomic E-state index is 9.61. The van der Waals surface area contributed by atoms with Gasteiger partial charge in [0, 0.05) is 28.1 Å². The molecule has 1 aliphatic rings. The highest BCUT2D eigenvalue weighted by atomic mass is 79.9. The third-order valence-electron chi connectivity index (χ3n) is 3.65. The van der Waals surface area contributed by atoms with Crippen molar-refractivity contribution in [3.05, 3.63) is 28.2 Å². The van der Waals surface area contributed by atoms with Gasteiger partial charge in [0.15, 0.2) is 0 Å². The Morgan fingerprint density at radius 2 is 2.17 bits per heavy atom. The lowest BCUT2D eigenvalue weighted by Crippen LogP contribution is -2.44. The molecule has 1 fully saturated rings. The zero-order chi connectivity index (χ0) is 13.3. The first-order chi connectivity index (χ1) is 8.50. The summed E-state index contributed by atoms with van der Waals surface area (Å²) in [4.78, 5) is 2.46. The molecule has 18 heavy (non-hydrogen) atoms. The fourth-order valence-electron chi connectivity index (χ4n) is 2.29. The molecule has 2 nitrogen and oxygen atoms in total. The monoisotopic (exact) mass is 329 g/mol. The van der Waals surface area contributed by atoms with Crippen LogP contribution in [0.5, 0.6) is 0 Å². The molecule has 0 bridgehead atoms. The van der Waals surface area contributed by atoms with Gasteiger partial charge in [-0.05, 0) is 47.5 Å². The standard InChI is InChI=1S/C14H20BrNOS/c1-9-11(3)18-7-6-16(9)14-5-4-12(10(2)17)8-13(14)15/h4-5,8-11,17H,6-7H2,1-3H3. The lowest BCUT2D eigenvalue weighted by atomic mass is 10.1. The highest BCUT2D eigenvalue weighted by Crippen LogP contribution is 2.35. The number of nitrogens with zero attached hydrogens (tertiary/aromatic N) is 1. The second kappa shape index (κ2) is 5.85. The van der Waals surface area contributed by atoms with Crippen LogP contribution in [0.1, 0.15) is 32.4 Å². The fraction of sp³-hybridized carbons (Fsp3) is 0.571. The zero-order valence-electron chi connectivity index (χ0n) is 11.1. The Bertz CT molecular complexity index is 424. The van der Waals surface area contributed by atoms with Crippen molar-refractivity contribution in [3.8, 4) is 0 Å². The molecule has 1 heterocycles. The Morgan fingerprint density at radius 3 is 2.78 bits per heavy atom. The fourth-order valence-corrected chi connectivity index (χ4v) is 4.01. The van der Waals surface area contributed by atoms with Crippen LogP contribution in [-0.4, -0.2) is 28.7 Å². The summed E-state index contributed by atoms with van der Waals surface area (Å²) in [5.74, 6) is 1.18. The van der Waals surface area contributed by atoms with Gasteiger partial charge in [0.2, 0.25) is 0 Å². The molecule has 100 valence electrons. The topological polar surface area (TPSA) is 23.5 Å². The first-order valence-corrected chi connectivity index (χ1v) is 8.20. The van der Waals surface area contributed by atoms with Crippen LogP contribution in [0.25, 0.3) is 0 Å². The molecular weight excluding hydrogens is 310 g/mol. The normalized spacial score (nSPS) is 26.2. The van der Waals surface area contributed by atoms with Crippen molar-refractivity contribution in [2.45, 2.75) is 38.2 Å². The third kappa shape index (κ3) is 2.86. The molecule has 0 aliphatic carbocycles. The van der Waals surface area contributed by atoms with Gasteiger partial charge < -0.3 is 10.0 Å². The molecule has 1 saturated heterocycles. The number of hydrogen-bond acceptors (Lipinski definition) is 3. The zero-order valence-corrected chi connectivity index (χ0v) is 13.5. The predicted molar refractivity (Wildman–Crippen MR) is 83.5 cm³/mol. The molecule has 1 N–H and O–H groups in total. The molecule has 4 heteroatoms. The molecule has 3 unspecified atom stereocenters. The molecule has 1 aromatic rings. The van der Waals surface area contributed by atoms with E-state index in [4.69, 9.17) is 0 Å². The minimum atomic E-state index is -0.413. The van der Waals surface area contributed by atoms with E-state index in [0.29, 0.717) is 11.3 Å². The van der Waals surface area contributed by atoms with Crippen LogP contribution in [0.3, 0.4) is 0 Å². The number of anilines is 1. The average Bonchev–Trinajstić information content (AvgIpc) is 2.33. The summed E-state index contributed by atoms with van der Waals surface area (Å²) in [5, 5.41) is 10.3.